The standard InChI is InChI=1S/C22H23N3O2S/c1-3-9-17-14-20(26)25-22(23-17)28-15(2)21(27)24-19-13-8-7-12-18(19)16-10-5-4-6-11-16/h4-8,10-15H,3,9H2,1-2H3,(H,24,27)(H,23,25,26)/t15-/m0/s1. The average Bonchev–Trinajstić information content (AvgIpc) is 2.69. The van der Waals surface area contributed by atoms with Crippen LogP contribution in [-0.2, 0) is 11.2 Å². The summed E-state index contributed by atoms with van der Waals surface area (Å²) in [5.74, 6) is -0.142. The van der Waals surface area contributed by atoms with Crippen LogP contribution in [0.5, 0.6) is 0 Å². The number of hydrogen-bond donors (Lipinski definition) is 2. The first-order chi connectivity index (χ1) is 13.6. The van der Waals surface area contributed by atoms with E-state index in [1.165, 1.54) is 17.8 Å². The summed E-state index contributed by atoms with van der Waals surface area (Å²) in [5.41, 5.74) is 3.31. The Hall–Kier alpha value is -2.86. The third kappa shape index (κ3) is 5.10. The molecule has 2 N–H and O–H groups in total. The van der Waals surface area contributed by atoms with Crippen LogP contribution in [0.4, 0.5) is 5.69 Å². The Kier molecular flexibility index (Phi) is 6.66. The van der Waals surface area contributed by atoms with Crippen molar-refractivity contribution in [3.63, 3.8) is 0 Å². The van der Waals surface area contributed by atoms with E-state index in [1.54, 1.807) is 6.92 Å². The van der Waals surface area contributed by atoms with Crippen molar-refractivity contribution in [3.8, 4) is 11.1 Å². The molecule has 0 saturated heterocycles. The molecule has 0 aliphatic heterocycles. The Morgan fingerprint density at radius 3 is 2.61 bits per heavy atom. The Bertz CT molecular complexity index is 1000. The van der Waals surface area contributed by atoms with Gasteiger partial charge in [-0.2, -0.15) is 0 Å². The minimum atomic E-state index is -0.413. The van der Waals surface area contributed by atoms with Crippen molar-refractivity contribution >= 4 is 23.4 Å². The predicted octanol–water partition coefficient (Wildman–Crippen LogP) is 4.51. The first kappa shape index (κ1) is 19.9. The molecule has 0 unspecified atom stereocenters. The number of nitrogens with zero attached hydrogens (tertiary/aromatic N) is 1. The molecule has 1 atom stereocenters. The molecule has 3 rings (SSSR count). The second-order valence-electron chi connectivity index (χ2n) is 6.45. The number of thioether (sulfide) groups is 1. The summed E-state index contributed by atoms with van der Waals surface area (Å²) in [6, 6.07) is 19.1. The van der Waals surface area contributed by atoms with E-state index in [4.69, 9.17) is 0 Å². The molecule has 0 fully saturated rings. The Morgan fingerprint density at radius 2 is 1.86 bits per heavy atom. The number of aromatic nitrogens is 2. The van der Waals surface area contributed by atoms with Crippen molar-refractivity contribution in [2.24, 2.45) is 0 Å². The van der Waals surface area contributed by atoms with Crippen LogP contribution in [0.1, 0.15) is 26.0 Å². The lowest BCUT2D eigenvalue weighted by Gasteiger charge is -2.15. The number of carbonyl (C=O) groups excluding carboxylic acids is 1. The minimum absolute atomic E-state index is 0.142. The number of nitrogens with one attached hydrogen (secondary N) is 2. The number of aryl methyl sites for hydroxylation is 1. The highest BCUT2D eigenvalue weighted by Crippen LogP contribution is 2.28. The van der Waals surface area contributed by atoms with Crippen LogP contribution >= 0.6 is 11.8 Å². The molecule has 28 heavy (non-hydrogen) atoms. The summed E-state index contributed by atoms with van der Waals surface area (Å²) in [6.07, 6.45) is 1.65. The van der Waals surface area contributed by atoms with Crippen LogP contribution in [0.3, 0.4) is 0 Å². The second-order valence-corrected chi connectivity index (χ2v) is 7.78. The number of para-hydroxylation sites is 1. The van der Waals surface area contributed by atoms with Crippen LogP contribution in [0.2, 0.25) is 0 Å². The van der Waals surface area contributed by atoms with Crippen molar-refractivity contribution in [2.45, 2.75) is 37.1 Å². The fraction of sp³-hybridized carbons (Fsp3) is 0.227. The summed E-state index contributed by atoms with van der Waals surface area (Å²) in [4.78, 5) is 31.7. The third-order valence-corrected chi connectivity index (χ3v) is 5.19. The lowest BCUT2D eigenvalue weighted by Crippen LogP contribution is -2.23. The van der Waals surface area contributed by atoms with E-state index in [2.05, 4.69) is 15.3 Å². The number of amides is 1. The molecule has 0 saturated carbocycles. The van der Waals surface area contributed by atoms with E-state index < -0.39 is 5.25 Å². The van der Waals surface area contributed by atoms with E-state index in [0.717, 1.165) is 35.3 Å². The minimum Gasteiger partial charge on any atom is -0.325 e. The maximum absolute atomic E-state index is 12.7. The van der Waals surface area contributed by atoms with Gasteiger partial charge in [0.2, 0.25) is 5.91 Å². The van der Waals surface area contributed by atoms with Gasteiger partial charge in [0.25, 0.3) is 5.56 Å². The topological polar surface area (TPSA) is 74.8 Å². The second kappa shape index (κ2) is 9.37. The van der Waals surface area contributed by atoms with Crippen molar-refractivity contribution in [1.29, 1.82) is 0 Å². The Balaban J connectivity index is 1.75. The van der Waals surface area contributed by atoms with Gasteiger partial charge in [-0.15, -0.1) is 0 Å². The molecule has 3 aromatic rings. The molecule has 0 aliphatic carbocycles. The van der Waals surface area contributed by atoms with Crippen LogP contribution < -0.4 is 10.9 Å². The molecule has 0 aliphatic rings. The first-order valence-corrected chi connectivity index (χ1v) is 10.2. The fourth-order valence-electron chi connectivity index (χ4n) is 2.84. The maximum Gasteiger partial charge on any atom is 0.251 e. The van der Waals surface area contributed by atoms with Crippen molar-refractivity contribution in [1.82, 2.24) is 9.97 Å². The third-order valence-electron chi connectivity index (χ3n) is 4.21. The van der Waals surface area contributed by atoms with E-state index in [9.17, 15) is 9.59 Å². The van der Waals surface area contributed by atoms with Gasteiger partial charge in [0.05, 0.1) is 5.25 Å². The summed E-state index contributed by atoms with van der Waals surface area (Å²) in [5, 5.41) is 3.06. The summed E-state index contributed by atoms with van der Waals surface area (Å²) < 4.78 is 0. The molecule has 6 heteroatoms. The summed E-state index contributed by atoms with van der Waals surface area (Å²) in [7, 11) is 0. The number of carbonyl (C=O) groups is 1. The van der Waals surface area contributed by atoms with E-state index in [0.29, 0.717) is 5.16 Å². The van der Waals surface area contributed by atoms with Crippen molar-refractivity contribution in [2.75, 3.05) is 5.32 Å². The quantitative estimate of drug-likeness (QED) is 0.457. The van der Waals surface area contributed by atoms with Crippen LogP contribution in [0.15, 0.2) is 70.6 Å². The zero-order valence-corrected chi connectivity index (χ0v) is 16.8. The summed E-state index contributed by atoms with van der Waals surface area (Å²) in [6.45, 7) is 3.84. The molecule has 2 aromatic carbocycles. The predicted molar refractivity (Wildman–Crippen MR) is 115 cm³/mol. The molecule has 1 heterocycles. The number of rotatable bonds is 7. The summed E-state index contributed by atoms with van der Waals surface area (Å²) >= 11 is 1.25. The highest BCUT2D eigenvalue weighted by atomic mass is 32.2. The Morgan fingerprint density at radius 1 is 1.14 bits per heavy atom. The van der Waals surface area contributed by atoms with Gasteiger partial charge in [0.1, 0.15) is 0 Å². The number of benzene rings is 2. The van der Waals surface area contributed by atoms with Crippen LogP contribution in [0.25, 0.3) is 11.1 Å². The molecular formula is C22H23N3O2S. The van der Waals surface area contributed by atoms with Gasteiger partial charge in [-0.3, -0.25) is 9.59 Å². The highest BCUT2D eigenvalue weighted by molar-refractivity contribution is 8.00. The van der Waals surface area contributed by atoms with Crippen LogP contribution in [-0.4, -0.2) is 21.1 Å². The molecule has 0 spiro atoms. The lowest BCUT2D eigenvalue weighted by atomic mass is 10.0. The number of hydrogen-bond acceptors (Lipinski definition) is 4. The van der Waals surface area contributed by atoms with Gasteiger partial charge < -0.3 is 10.3 Å². The van der Waals surface area contributed by atoms with Gasteiger partial charge in [0.15, 0.2) is 5.16 Å². The molecule has 1 amide bonds. The van der Waals surface area contributed by atoms with Gasteiger partial charge in [-0.25, -0.2) is 4.98 Å². The Labute approximate surface area is 168 Å². The SMILES string of the molecule is CCCc1cc(=O)[nH]c(S[C@@H](C)C(=O)Nc2ccccc2-c2ccccc2)n1. The van der Waals surface area contributed by atoms with E-state index in [1.807, 2.05) is 61.5 Å². The number of anilines is 1. The van der Waals surface area contributed by atoms with E-state index >= 15 is 0 Å². The van der Waals surface area contributed by atoms with Crippen molar-refractivity contribution < 1.29 is 4.79 Å². The van der Waals surface area contributed by atoms with Crippen LogP contribution in [0, 0.1) is 0 Å². The number of aromatic amines is 1. The number of H-pyrrole nitrogens is 1. The first-order valence-electron chi connectivity index (χ1n) is 9.29. The van der Waals surface area contributed by atoms with Gasteiger partial charge in [-0.05, 0) is 25.0 Å². The monoisotopic (exact) mass is 393 g/mol. The largest absolute Gasteiger partial charge is 0.325 e. The van der Waals surface area contributed by atoms with Gasteiger partial charge >= 0.3 is 0 Å². The normalized spacial score (nSPS) is 11.8. The maximum atomic E-state index is 12.7. The zero-order valence-electron chi connectivity index (χ0n) is 15.9. The smallest absolute Gasteiger partial charge is 0.251 e. The van der Waals surface area contributed by atoms with Crippen molar-refractivity contribution in [3.05, 3.63) is 76.7 Å². The molecular weight excluding hydrogens is 370 g/mol. The molecule has 0 radical (unpaired) electrons. The molecule has 1 aromatic heterocycles. The van der Waals surface area contributed by atoms with Gasteiger partial charge in [0, 0.05) is 23.0 Å². The fourth-order valence-corrected chi connectivity index (χ4v) is 3.67. The van der Waals surface area contributed by atoms with Gasteiger partial charge in [-0.1, -0.05) is 73.6 Å². The van der Waals surface area contributed by atoms with E-state index in [-0.39, 0.29) is 11.5 Å². The molecule has 144 valence electrons. The lowest BCUT2D eigenvalue weighted by molar-refractivity contribution is -0.115. The average molecular weight is 394 g/mol. The highest BCUT2D eigenvalue weighted by Gasteiger charge is 2.18. The zero-order chi connectivity index (χ0) is 19.9. The molecule has 0 bridgehead atoms. The molecule has 5 nitrogen and oxygen atoms in total.